The van der Waals surface area contributed by atoms with E-state index in [2.05, 4.69) is 157 Å². The standard InChI is InChI=1S/C47H32N4/c1-31-50-43-12-4-5-13-44(43)51(31)38-22-18-33(19-23-38)36-20-24-39-40-25-21-37(35-17-16-32-10-2-3-11-34(32)28-35)30-42(40)47(41(39)29-36,45-14-6-8-26-48-45)46-15-7-9-27-49-46/h2-30H,1H3. The molecule has 3 heterocycles. The fraction of sp³-hybridized carbons (Fsp3) is 0.0426. The van der Waals surface area contributed by atoms with Crippen LogP contribution in [-0.4, -0.2) is 19.5 Å². The maximum atomic E-state index is 5.08. The molecule has 51 heavy (non-hydrogen) atoms. The van der Waals surface area contributed by atoms with E-state index in [0.29, 0.717) is 0 Å². The third-order valence-corrected chi connectivity index (χ3v) is 10.5. The second-order valence-corrected chi connectivity index (χ2v) is 13.3. The van der Waals surface area contributed by atoms with Gasteiger partial charge in [-0.05, 0) is 129 Å². The Morgan fingerprint density at radius 3 is 1.69 bits per heavy atom. The Labute approximate surface area is 296 Å². The lowest BCUT2D eigenvalue weighted by molar-refractivity contribution is 0.706. The average molecular weight is 653 g/mol. The van der Waals surface area contributed by atoms with Crippen LogP contribution in [0.1, 0.15) is 28.3 Å². The van der Waals surface area contributed by atoms with Gasteiger partial charge in [-0.2, -0.15) is 0 Å². The van der Waals surface area contributed by atoms with E-state index >= 15 is 0 Å². The highest BCUT2D eigenvalue weighted by Crippen LogP contribution is 2.56. The minimum absolute atomic E-state index is 0.719. The van der Waals surface area contributed by atoms with Crippen LogP contribution in [0, 0.1) is 6.92 Å². The zero-order valence-electron chi connectivity index (χ0n) is 28.0. The molecule has 0 aliphatic heterocycles. The Bertz CT molecular complexity index is 2710. The van der Waals surface area contributed by atoms with Crippen molar-refractivity contribution < 1.29 is 0 Å². The summed E-state index contributed by atoms with van der Waals surface area (Å²) < 4.78 is 2.22. The summed E-state index contributed by atoms with van der Waals surface area (Å²) in [5.41, 5.74) is 13.8. The van der Waals surface area contributed by atoms with Crippen LogP contribution in [0.25, 0.3) is 60.9 Å². The predicted octanol–water partition coefficient (Wildman–Crippen LogP) is 11.0. The quantitative estimate of drug-likeness (QED) is 0.186. The molecule has 0 atom stereocenters. The highest BCUT2D eigenvalue weighted by atomic mass is 15.1. The topological polar surface area (TPSA) is 43.6 Å². The van der Waals surface area contributed by atoms with E-state index in [1.807, 2.05) is 30.6 Å². The number of para-hydroxylation sites is 2. The van der Waals surface area contributed by atoms with E-state index in [4.69, 9.17) is 15.0 Å². The van der Waals surface area contributed by atoms with E-state index in [1.165, 1.54) is 44.2 Å². The maximum absolute atomic E-state index is 5.08. The second-order valence-electron chi connectivity index (χ2n) is 13.3. The SMILES string of the molecule is Cc1nc2ccccc2n1-c1ccc(-c2ccc3c(c2)C(c2ccccn2)(c2ccccn2)c2cc(-c4ccc5ccccc5c4)ccc2-3)cc1. The van der Waals surface area contributed by atoms with Crippen molar-refractivity contribution in [3.8, 4) is 39.1 Å². The van der Waals surface area contributed by atoms with Crippen molar-refractivity contribution in [3.05, 3.63) is 205 Å². The molecule has 1 aliphatic carbocycles. The van der Waals surface area contributed by atoms with Crippen LogP contribution < -0.4 is 0 Å². The molecule has 10 rings (SSSR count). The summed E-state index contributed by atoms with van der Waals surface area (Å²) in [6, 6.07) is 58.6. The van der Waals surface area contributed by atoms with Crippen LogP contribution in [0.3, 0.4) is 0 Å². The lowest BCUT2D eigenvalue weighted by atomic mass is 9.71. The van der Waals surface area contributed by atoms with Crippen molar-refractivity contribution in [1.82, 2.24) is 19.5 Å². The molecule has 0 radical (unpaired) electrons. The molecule has 4 nitrogen and oxygen atoms in total. The van der Waals surface area contributed by atoms with Gasteiger partial charge in [-0.3, -0.25) is 14.5 Å². The number of benzene rings is 6. The minimum Gasteiger partial charge on any atom is -0.297 e. The Morgan fingerprint density at radius 2 is 1.02 bits per heavy atom. The van der Waals surface area contributed by atoms with E-state index < -0.39 is 5.41 Å². The molecule has 0 fully saturated rings. The number of imidazole rings is 1. The van der Waals surface area contributed by atoms with Crippen molar-refractivity contribution in [2.75, 3.05) is 0 Å². The fourth-order valence-corrected chi connectivity index (χ4v) is 8.18. The maximum Gasteiger partial charge on any atom is 0.111 e. The third kappa shape index (κ3) is 4.50. The molecule has 0 bridgehead atoms. The Kier molecular flexibility index (Phi) is 6.58. The first-order valence-electron chi connectivity index (χ1n) is 17.3. The summed E-state index contributed by atoms with van der Waals surface area (Å²) in [7, 11) is 0. The van der Waals surface area contributed by atoms with Gasteiger partial charge in [-0.15, -0.1) is 0 Å². The molecule has 6 aromatic carbocycles. The van der Waals surface area contributed by atoms with Crippen LogP contribution in [-0.2, 0) is 5.41 Å². The molecule has 4 heteroatoms. The van der Waals surface area contributed by atoms with Crippen LogP contribution in [0.4, 0.5) is 0 Å². The molecular formula is C47H32N4. The van der Waals surface area contributed by atoms with Crippen molar-refractivity contribution >= 4 is 21.8 Å². The first-order valence-corrected chi connectivity index (χ1v) is 17.3. The number of hydrogen-bond acceptors (Lipinski definition) is 3. The molecule has 240 valence electrons. The summed E-state index contributed by atoms with van der Waals surface area (Å²) >= 11 is 0. The van der Waals surface area contributed by atoms with Gasteiger partial charge in [0, 0.05) is 18.1 Å². The molecule has 0 saturated heterocycles. The number of aryl methyl sites for hydroxylation is 1. The van der Waals surface area contributed by atoms with Crippen molar-refractivity contribution in [2.24, 2.45) is 0 Å². The van der Waals surface area contributed by atoms with E-state index in [-0.39, 0.29) is 0 Å². The fourth-order valence-electron chi connectivity index (χ4n) is 8.18. The molecule has 0 spiro atoms. The van der Waals surface area contributed by atoms with E-state index in [0.717, 1.165) is 45.1 Å². The molecular weight excluding hydrogens is 621 g/mol. The predicted molar refractivity (Wildman–Crippen MR) is 207 cm³/mol. The number of hydrogen-bond donors (Lipinski definition) is 0. The number of aromatic nitrogens is 4. The smallest absolute Gasteiger partial charge is 0.111 e. The van der Waals surface area contributed by atoms with Gasteiger partial charge in [-0.25, -0.2) is 4.98 Å². The number of pyridine rings is 2. The number of fused-ring (bicyclic) bond motifs is 5. The van der Waals surface area contributed by atoms with Crippen LogP contribution >= 0.6 is 0 Å². The largest absolute Gasteiger partial charge is 0.297 e. The van der Waals surface area contributed by atoms with Gasteiger partial charge in [0.1, 0.15) is 11.2 Å². The summed E-state index contributed by atoms with van der Waals surface area (Å²) in [5, 5.41) is 2.46. The first kappa shape index (κ1) is 29.3. The van der Waals surface area contributed by atoms with Crippen molar-refractivity contribution in [1.29, 1.82) is 0 Å². The third-order valence-electron chi connectivity index (χ3n) is 10.5. The normalized spacial score (nSPS) is 13.0. The highest BCUT2D eigenvalue weighted by molar-refractivity contribution is 5.92. The van der Waals surface area contributed by atoms with Gasteiger partial charge in [-0.1, -0.05) is 97.1 Å². The van der Waals surface area contributed by atoms with Crippen LogP contribution in [0.5, 0.6) is 0 Å². The number of nitrogens with zero attached hydrogens (tertiary/aromatic N) is 4. The van der Waals surface area contributed by atoms with Gasteiger partial charge in [0.2, 0.25) is 0 Å². The van der Waals surface area contributed by atoms with E-state index in [1.54, 1.807) is 0 Å². The van der Waals surface area contributed by atoms with Gasteiger partial charge in [0.15, 0.2) is 0 Å². The molecule has 0 saturated carbocycles. The minimum atomic E-state index is -0.719. The monoisotopic (exact) mass is 652 g/mol. The number of rotatable bonds is 5. The first-order chi connectivity index (χ1) is 25.2. The molecule has 1 aliphatic rings. The molecule has 0 unspecified atom stereocenters. The zero-order valence-corrected chi connectivity index (χ0v) is 28.0. The zero-order chi connectivity index (χ0) is 33.9. The van der Waals surface area contributed by atoms with Gasteiger partial charge in [0.25, 0.3) is 0 Å². The second kappa shape index (κ2) is 11.5. The summed E-state index contributed by atoms with van der Waals surface area (Å²) in [6.45, 7) is 2.06. The molecule has 3 aromatic heterocycles. The van der Waals surface area contributed by atoms with Crippen LogP contribution in [0.15, 0.2) is 176 Å². The Balaban J connectivity index is 1.17. The lowest BCUT2D eigenvalue weighted by Crippen LogP contribution is -2.30. The summed E-state index contributed by atoms with van der Waals surface area (Å²) in [4.78, 5) is 14.9. The Hall–Kier alpha value is -6.65. The molecule has 0 N–H and O–H groups in total. The Morgan fingerprint density at radius 1 is 0.471 bits per heavy atom. The highest BCUT2D eigenvalue weighted by Gasteiger charge is 2.48. The van der Waals surface area contributed by atoms with Crippen molar-refractivity contribution in [3.63, 3.8) is 0 Å². The van der Waals surface area contributed by atoms with Gasteiger partial charge in [0.05, 0.1) is 22.4 Å². The van der Waals surface area contributed by atoms with Crippen molar-refractivity contribution in [2.45, 2.75) is 12.3 Å². The van der Waals surface area contributed by atoms with E-state index in [9.17, 15) is 0 Å². The lowest BCUT2D eigenvalue weighted by Gasteiger charge is -2.32. The summed E-state index contributed by atoms with van der Waals surface area (Å²) in [5.74, 6) is 0.970. The molecule has 9 aromatic rings. The average Bonchev–Trinajstić information content (AvgIpc) is 3.69. The van der Waals surface area contributed by atoms with Gasteiger partial charge < -0.3 is 0 Å². The van der Waals surface area contributed by atoms with Gasteiger partial charge >= 0.3 is 0 Å². The summed E-state index contributed by atoms with van der Waals surface area (Å²) in [6.07, 6.45) is 3.80. The van der Waals surface area contributed by atoms with Crippen LogP contribution in [0.2, 0.25) is 0 Å². The molecule has 0 amide bonds.